The van der Waals surface area contributed by atoms with E-state index in [0.29, 0.717) is 0 Å². The topological polar surface area (TPSA) is 56.2 Å². The molecule has 5 heteroatoms. The zero-order chi connectivity index (χ0) is 25.1. The fourth-order valence-corrected chi connectivity index (χ4v) is 5.94. The molecule has 2 aliphatic rings. The molecule has 1 fully saturated rings. The van der Waals surface area contributed by atoms with Gasteiger partial charge in [-0.2, -0.15) is 0 Å². The molecule has 0 saturated carbocycles. The molecule has 36 heavy (non-hydrogen) atoms. The number of hydrogen-bond acceptors (Lipinski definition) is 5. The van der Waals surface area contributed by atoms with Crippen LogP contribution in [0.4, 0.5) is 5.69 Å². The number of ether oxygens (including phenoxy) is 1. The van der Waals surface area contributed by atoms with Crippen molar-refractivity contribution in [2.24, 2.45) is 0 Å². The van der Waals surface area contributed by atoms with E-state index in [1.54, 1.807) is 18.2 Å². The van der Waals surface area contributed by atoms with Gasteiger partial charge in [-0.25, -0.2) is 0 Å². The van der Waals surface area contributed by atoms with Gasteiger partial charge >= 0.3 is 0 Å². The highest BCUT2D eigenvalue weighted by Crippen LogP contribution is 2.54. The minimum absolute atomic E-state index is 0.0689. The van der Waals surface area contributed by atoms with Crippen LogP contribution in [0.15, 0.2) is 66.7 Å². The highest BCUT2D eigenvalue weighted by atomic mass is 16.5. The van der Waals surface area contributed by atoms with Gasteiger partial charge in [-0.1, -0.05) is 51.0 Å². The van der Waals surface area contributed by atoms with E-state index in [9.17, 15) is 10.2 Å². The van der Waals surface area contributed by atoms with Gasteiger partial charge in [-0.15, -0.1) is 0 Å². The van der Waals surface area contributed by atoms with Crippen molar-refractivity contribution in [3.8, 4) is 17.2 Å². The van der Waals surface area contributed by atoms with Crippen molar-refractivity contribution in [3.63, 3.8) is 0 Å². The van der Waals surface area contributed by atoms with E-state index in [1.807, 2.05) is 24.3 Å². The maximum Gasteiger partial charge on any atom is 0.119 e. The van der Waals surface area contributed by atoms with Gasteiger partial charge in [0.25, 0.3) is 0 Å². The Labute approximate surface area is 214 Å². The van der Waals surface area contributed by atoms with Crippen LogP contribution in [0.1, 0.15) is 62.3 Å². The molecule has 5 nitrogen and oxygen atoms in total. The number of phenols is 2. The minimum atomic E-state index is -0.221. The maximum atomic E-state index is 10.2. The van der Waals surface area contributed by atoms with Crippen molar-refractivity contribution < 1.29 is 14.9 Å². The molecule has 3 aromatic carbocycles. The monoisotopic (exact) mass is 486 g/mol. The third kappa shape index (κ3) is 5.17. The highest BCUT2D eigenvalue weighted by Gasteiger charge is 2.45. The number of aromatic hydroxyl groups is 2. The summed E-state index contributed by atoms with van der Waals surface area (Å²) in [6.45, 7) is 9.28. The lowest BCUT2D eigenvalue weighted by Gasteiger charge is -2.35. The molecule has 5 rings (SSSR count). The van der Waals surface area contributed by atoms with E-state index in [-0.39, 0.29) is 23.0 Å². The Bertz CT molecular complexity index is 1150. The van der Waals surface area contributed by atoms with Gasteiger partial charge < -0.3 is 19.8 Å². The fraction of sp³-hybridized carbons (Fsp3) is 0.419. The van der Waals surface area contributed by atoms with Crippen LogP contribution in [0.5, 0.6) is 17.2 Å². The van der Waals surface area contributed by atoms with Crippen molar-refractivity contribution in [1.82, 2.24) is 4.90 Å². The van der Waals surface area contributed by atoms with Gasteiger partial charge in [0.15, 0.2) is 0 Å². The van der Waals surface area contributed by atoms with Crippen LogP contribution in [-0.2, 0) is 12.0 Å². The molecule has 2 heterocycles. The second-order valence-corrected chi connectivity index (χ2v) is 10.8. The largest absolute Gasteiger partial charge is 0.508 e. The average Bonchev–Trinajstić information content (AvgIpc) is 3.03. The van der Waals surface area contributed by atoms with E-state index >= 15 is 0 Å². The van der Waals surface area contributed by atoms with Crippen LogP contribution >= 0.6 is 0 Å². The lowest BCUT2D eigenvalue weighted by Crippen LogP contribution is -2.33. The maximum absolute atomic E-state index is 10.2. The molecule has 0 radical (unpaired) electrons. The van der Waals surface area contributed by atoms with Crippen LogP contribution in [0.25, 0.3) is 0 Å². The minimum Gasteiger partial charge on any atom is -0.508 e. The van der Waals surface area contributed by atoms with Crippen LogP contribution in [0, 0.1) is 0 Å². The molecule has 2 N–H and O–H groups in total. The predicted molar refractivity (Wildman–Crippen MR) is 145 cm³/mol. The Morgan fingerprint density at radius 1 is 0.833 bits per heavy atom. The third-order valence-electron chi connectivity index (χ3n) is 7.84. The van der Waals surface area contributed by atoms with Gasteiger partial charge in [0, 0.05) is 24.2 Å². The molecule has 190 valence electrons. The number of phenolic OH excluding ortho intramolecular Hbond substituents is 2. The van der Waals surface area contributed by atoms with Crippen LogP contribution in [0.2, 0.25) is 0 Å². The number of anilines is 1. The number of rotatable bonds is 7. The summed E-state index contributed by atoms with van der Waals surface area (Å²) in [5.74, 6) is 1.47. The molecular formula is C31H38N2O3. The normalized spacial score (nSPS) is 19.6. The van der Waals surface area contributed by atoms with Gasteiger partial charge in [0.1, 0.15) is 23.9 Å². The average molecular weight is 487 g/mol. The Balaban J connectivity index is 1.32. The van der Waals surface area contributed by atoms with Crippen LogP contribution in [-0.4, -0.2) is 41.4 Å². The van der Waals surface area contributed by atoms with E-state index in [4.69, 9.17) is 4.74 Å². The summed E-state index contributed by atoms with van der Waals surface area (Å²) in [7, 11) is 0. The highest BCUT2D eigenvalue weighted by molar-refractivity contribution is 5.67. The summed E-state index contributed by atoms with van der Waals surface area (Å²) < 4.78 is 6.07. The lowest BCUT2D eigenvalue weighted by molar-refractivity contribution is 0.214. The number of nitrogens with zero attached hydrogens (tertiary/aromatic N) is 2. The molecule has 0 spiro atoms. The molecule has 0 amide bonds. The summed E-state index contributed by atoms with van der Waals surface area (Å²) in [5.41, 5.74) is 4.39. The number of fused-ring (bicyclic) bond motifs is 1. The van der Waals surface area contributed by atoms with Crippen LogP contribution < -0.4 is 9.64 Å². The first-order valence-corrected chi connectivity index (χ1v) is 13.2. The second-order valence-electron chi connectivity index (χ2n) is 10.8. The van der Waals surface area contributed by atoms with Gasteiger partial charge in [-0.3, -0.25) is 4.90 Å². The zero-order valence-corrected chi connectivity index (χ0v) is 21.5. The molecule has 2 aliphatic heterocycles. The zero-order valence-electron chi connectivity index (χ0n) is 21.5. The van der Waals surface area contributed by atoms with Gasteiger partial charge in [0.05, 0.1) is 6.04 Å². The first kappa shape index (κ1) is 24.5. The summed E-state index contributed by atoms with van der Waals surface area (Å²) in [4.78, 5) is 4.94. The molecule has 0 unspecified atom stereocenters. The number of likely N-dealkylation sites (tertiary alicyclic amines) is 1. The first-order chi connectivity index (χ1) is 17.4. The number of benzene rings is 3. The fourth-order valence-electron chi connectivity index (χ4n) is 5.94. The summed E-state index contributed by atoms with van der Waals surface area (Å²) in [5, 5.41) is 20.1. The van der Waals surface area contributed by atoms with Crippen molar-refractivity contribution in [1.29, 1.82) is 0 Å². The van der Waals surface area contributed by atoms with Crippen molar-refractivity contribution >= 4 is 5.69 Å². The lowest BCUT2D eigenvalue weighted by atomic mass is 9.77. The van der Waals surface area contributed by atoms with Crippen LogP contribution in [0.3, 0.4) is 0 Å². The van der Waals surface area contributed by atoms with E-state index in [1.165, 1.54) is 44.3 Å². The van der Waals surface area contributed by atoms with Gasteiger partial charge in [-0.05, 0) is 85.1 Å². The molecule has 1 atom stereocenters. The SMILES string of the molecule is CC1(C)c2cc(O)ccc2N(Cc2ccc(OCCN3CCCCCC3)cc2)[C@@H]1c1ccc(O)cc1. The number of hydrogen-bond donors (Lipinski definition) is 2. The Hall–Kier alpha value is -3.18. The summed E-state index contributed by atoms with van der Waals surface area (Å²) in [6.07, 6.45) is 5.31. The standard InChI is InChI=1S/C31H38N2O3/c1-31(2)28-21-26(35)13-16-29(28)33(30(31)24-9-11-25(34)12-10-24)22-23-7-14-27(15-8-23)36-20-19-32-17-5-3-4-6-18-32/h7-16,21,30,34-35H,3-6,17-20,22H2,1-2H3/t30-/m1/s1. The van der Waals surface area contributed by atoms with E-state index in [0.717, 1.165) is 42.3 Å². The molecule has 0 bridgehead atoms. The second kappa shape index (κ2) is 10.4. The molecule has 3 aromatic rings. The van der Waals surface area contributed by atoms with Crippen molar-refractivity contribution in [3.05, 3.63) is 83.4 Å². The van der Waals surface area contributed by atoms with Crippen molar-refractivity contribution in [2.75, 3.05) is 31.1 Å². The Kier molecular flexibility index (Phi) is 7.10. The quantitative estimate of drug-likeness (QED) is 0.405. The summed E-state index contributed by atoms with van der Waals surface area (Å²) >= 11 is 0. The Morgan fingerprint density at radius 2 is 1.50 bits per heavy atom. The molecule has 1 saturated heterocycles. The molecular weight excluding hydrogens is 448 g/mol. The van der Waals surface area contributed by atoms with Crippen molar-refractivity contribution in [2.45, 2.75) is 57.5 Å². The van der Waals surface area contributed by atoms with E-state index < -0.39 is 0 Å². The summed E-state index contributed by atoms with van der Waals surface area (Å²) in [6, 6.07) is 21.7. The first-order valence-electron chi connectivity index (χ1n) is 13.2. The third-order valence-corrected chi connectivity index (χ3v) is 7.84. The Morgan fingerprint density at radius 3 is 2.19 bits per heavy atom. The van der Waals surface area contributed by atoms with Gasteiger partial charge in [0.2, 0.25) is 0 Å². The van der Waals surface area contributed by atoms with E-state index in [2.05, 4.69) is 47.9 Å². The smallest absolute Gasteiger partial charge is 0.119 e. The molecule has 0 aliphatic carbocycles. The predicted octanol–water partition coefficient (Wildman–Crippen LogP) is 6.39. The molecule has 0 aromatic heterocycles.